The van der Waals surface area contributed by atoms with Crippen LogP contribution in [0.25, 0.3) is 0 Å². The van der Waals surface area contributed by atoms with Crippen molar-refractivity contribution in [1.82, 2.24) is 4.90 Å². The number of aliphatic hydroxyl groups is 1. The lowest BCUT2D eigenvalue weighted by Gasteiger charge is -2.42. The van der Waals surface area contributed by atoms with E-state index in [9.17, 15) is 18.3 Å². The largest absolute Gasteiger partial charge is 0.416 e. The van der Waals surface area contributed by atoms with Crippen LogP contribution in [-0.4, -0.2) is 29.7 Å². The number of hydrogen-bond acceptors (Lipinski definition) is 2. The van der Waals surface area contributed by atoms with E-state index in [1.54, 1.807) is 12.1 Å². The number of halogens is 3. The van der Waals surface area contributed by atoms with Gasteiger partial charge in [-0.05, 0) is 55.5 Å². The van der Waals surface area contributed by atoms with Gasteiger partial charge in [0.2, 0.25) is 0 Å². The molecule has 0 aliphatic carbocycles. The Bertz CT molecular complexity index is 774. The highest BCUT2D eigenvalue weighted by Crippen LogP contribution is 2.36. The van der Waals surface area contributed by atoms with Crippen molar-refractivity contribution in [2.75, 3.05) is 19.7 Å². The molecule has 1 aliphatic rings. The van der Waals surface area contributed by atoms with Crippen molar-refractivity contribution in [2.24, 2.45) is 5.41 Å². The van der Waals surface area contributed by atoms with Gasteiger partial charge in [-0.1, -0.05) is 42.5 Å². The molecule has 0 saturated carbocycles. The van der Waals surface area contributed by atoms with Gasteiger partial charge in [0.15, 0.2) is 0 Å². The van der Waals surface area contributed by atoms with Gasteiger partial charge < -0.3 is 5.11 Å². The van der Waals surface area contributed by atoms with Crippen LogP contribution < -0.4 is 0 Å². The normalized spacial score (nSPS) is 21.4. The number of hydrogen-bond donors (Lipinski definition) is 1. The molecular weight excluding hydrogens is 351 g/mol. The fourth-order valence-corrected chi connectivity index (χ4v) is 4.16. The molecule has 2 nitrogen and oxygen atoms in total. The number of alkyl halides is 3. The fourth-order valence-electron chi connectivity index (χ4n) is 4.16. The highest BCUT2D eigenvalue weighted by molar-refractivity contribution is 5.30. The van der Waals surface area contributed by atoms with Gasteiger partial charge >= 0.3 is 6.18 Å². The van der Waals surface area contributed by atoms with Gasteiger partial charge in [-0.3, -0.25) is 4.90 Å². The molecule has 1 heterocycles. The van der Waals surface area contributed by atoms with Crippen molar-refractivity contribution >= 4 is 0 Å². The summed E-state index contributed by atoms with van der Waals surface area (Å²) in [4.78, 5) is 2.06. The van der Waals surface area contributed by atoms with Crippen LogP contribution in [0.4, 0.5) is 13.2 Å². The minimum absolute atomic E-state index is 0.0404. The number of aryl methyl sites for hydroxylation is 1. The van der Waals surface area contributed by atoms with Gasteiger partial charge in [-0.2, -0.15) is 13.2 Å². The maximum Gasteiger partial charge on any atom is 0.416 e. The van der Waals surface area contributed by atoms with E-state index in [0.29, 0.717) is 12.1 Å². The predicted octanol–water partition coefficient (Wildman–Crippen LogP) is 4.83. The third-order valence-electron chi connectivity index (χ3n) is 5.62. The first-order valence-electron chi connectivity index (χ1n) is 9.36. The van der Waals surface area contributed by atoms with Crippen molar-refractivity contribution in [3.63, 3.8) is 0 Å². The summed E-state index contributed by atoms with van der Waals surface area (Å²) in [6, 6.07) is 13.9. The molecule has 146 valence electrons. The second-order valence-electron chi connectivity index (χ2n) is 7.73. The van der Waals surface area contributed by atoms with Crippen molar-refractivity contribution < 1.29 is 18.3 Å². The van der Waals surface area contributed by atoms with Crippen molar-refractivity contribution in [3.8, 4) is 0 Å². The van der Waals surface area contributed by atoms with Crippen LogP contribution in [0.5, 0.6) is 0 Å². The number of aliphatic hydroxyl groups excluding tert-OH is 1. The molecule has 0 aromatic heterocycles. The van der Waals surface area contributed by atoms with E-state index in [0.717, 1.165) is 31.9 Å². The fraction of sp³-hybridized carbons (Fsp3) is 0.455. The van der Waals surface area contributed by atoms with E-state index < -0.39 is 11.7 Å². The van der Waals surface area contributed by atoms with Crippen molar-refractivity contribution in [3.05, 3.63) is 70.8 Å². The first-order chi connectivity index (χ1) is 12.8. The summed E-state index contributed by atoms with van der Waals surface area (Å²) in [5.41, 5.74) is 1.81. The number of nitrogens with zero attached hydrogens (tertiary/aromatic N) is 1. The lowest BCUT2D eigenvalue weighted by Crippen LogP contribution is -2.46. The lowest BCUT2D eigenvalue weighted by molar-refractivity contribution is -0.138. The molecule has 1 fully saturated rings. The molecule has 5 heteroatoms. The summed E-state index contributed by atoms with van der Waals surface area (Å²) in [7, 11) is 0. The molecule has 3 rings (SSSR count). The average molecular weight is 377 g/mol. The monoisotopic (exact) mass is 377 g/mol. The Morgan fingerprint density at radius 1 is 1.04 bits per heavy atom. The Hall–Kier alpha value is -1.85. The van der Waals surface area contributed by atoms with Crippen LogP contribution in [-0.2, 0) is 19.1 Å². The van der Waals surface area contributed by atoms with E-state index in [4.69, 9.17) is 0 Å². The molecule has 1 aliphatic heterocycles. The summed E-state index contributed by atoms with van der Waals surface area (Å²) in [5.74, 6) is 0. The molecule has 2 aromatic rings. The van der Waals surface area contributed by atoms with Crippen LogP contribution in [0, 0.1) is 12.3 Å². The molecule has 0 amide bonds. The summed E-state index contributed by atoms with van der Waals surface area (Å²) >= 11 is 0. The smallest absolute Gasteiger partial charge is 0.396 e. The van der Waals surface area contributed by atoms with E-state index in [1.165, 1.54) is 17.2 Å². The minimum Gasteiger partial charge on any atom is -0.396 e. The SMILES string of the molecule is Cc1ccccc1CC1(CO)CCCN(Cc2ccccc2C(F)(F)F)C1. The van der Waals surface area contributed by atoms with Gasteiger partial charge in [0.1, 0.15) is 0 Å². The van der Waals surface area contributed by atoms with Crippen molar-refractivity contribution in [1.29, 1.82) is 0 Å². The molecule has 1 unspecified atom stereocenters. The maximum absolute atomic E-state index is 13.3. The minimum atomic E-state index is -4.35. The van der Waals surface area contributed by atoms with Crippen molar-refractivity contribution in [2.45, 2.75) is 38.9 Å². The van der Waals surface area contributed by atoms with E-state index in [1.807, 2.05) is 12.1 Å². The van der Waals surface area contributed by atoms with E-state index in [2.05, 4.69) is 24.0 Å². The van der Waals surface area contributed by atoms with Gasteiger partial charge in [-0.25, -0.2) is 0 Å². The van der Waals surface area contributed by atoms with Gasteiger partial charge in [-0.15, -0.1) is 0 Å². The second-order valence-corrected chi connectivity index (χ2v) is 7.73. The third kappa shape index (κ3) is 4.71. The van der Waals surface area contributed by atoms with Crippen LogP contribution in [0.1, 0.15) is 35.1 Å². The number of benzene rings is 2. The van der Waals surface area contributed by atoms with E-state index >= 15 is 0 Å². The van der Waals surface area contributed by atoms with Gasteiger partial charge in [0.05, 0.1) is 12.2 Å². The van der Waals surface area contributed by atoms with Crippen LogP contribution in [0.15, 0.2) is 48.5 Å². The molecule has 0 spiro atoms. The molecule has 1 N–H and O–H groups in total. The Morgan fingerprint density at radius 3 is 2.37 bits per heavy atom. The summed E-state index contributed by atoms with van der Waals surface area (Å²) in [6.07, 6.45) is -1.84. The number of likely N-dealkylation sites (tertiary alicyclic amines) is 1. The molecule has 1 saturated heterocycles. The number of piperidine rings is 1. The average Bonchev–Trinajstić information content (AvgIpc) is 2.63. The third-order valence-corrected chi connectivity index (χ3v) is 5.62. The molecule has 2 aromatic carbocycles. The highest BCUT2D eigenvalue weighted by atomic mass is 19.4. The zero-order valence-corrected chi connectivity index (χ0v) is 15.6. The van der Waals surface area contributed by atoms with Crippen LogP contribution in [0.2, 0.25) is 0 Å². The molecule has 0 radical (unpaired) electrons. The summed E-state index contributed by atoms with van der Waals surface area (Å²) in [6.45, 7) is 3.70. The maximum atomic E-state index is 13.3. The van der Waals surface area contributed by atoms with Gasteiger partial charge in [0, 0.05) is 18.5 Å². The standard InChI is InChI=1S/C22H26F3NO/c1-17-7-2-3-8-18(17)13-21(16-27)11-6-12-26(15-21)14-19-9-4-5-10-20(19)22(23,24)25/h2-5,7-10,27H,6,11-16H2,1H3. The van der Waals surface area contributed by atoms with Crippen LogP contribution >= 0.6 is 0 Å². The highest BCUT2D eigenvalue weighted by Gasteiger charge is 2.37. The quantitative estimate of drug-likeness (QED) is 0.807. The summed E-state index contributed by atoms with van der Waals surface area (Å²) < 4.78 is 39.9. The number of rotatable bonds is 5. The molecular formula is C22H26F3NO. The molecule has 27 heavy (non-hydrogen) atoms. The Morgan fingerprint density at radius 2 is 1.70 bits per heavy atom. The summed E-state index contributed by atoms with van der Waals surface area (Å²) in [5, 5.41) is 10.2. The van der Waals surface area contributed by atoms with Gasteiger partial charge in [0.25, 0.3) is 0 Å². The lowest BCUT2D eigenvalue weighted by atomic mass is 9.75. The molecule has 1 atom stereocenters. The van der Waals surface area contributed by atoms with E-state index in [-0.39, 0.29) is 18.6 Å². The zero-order valence-electron chi connectivity index (χ0n) is 15.6. The van der Waals surface area contributed by atoms with Crippen LogP contribution in [0.3, 0.4) is 0 Å². The first-order valence-corrected chi connectivity index (χ1v) is 9.36. The zero-order chi connectivity index (χ0) is 19.5. The second kappa shape index (κ2) is 8.03. The Kier molecular flexibility index (Phi) is 5.92. The Balaban J connectivity index is 1.78. The Labute approximate surface area is 158 Å². The first kappa shape index (κ1) is 19.9. The topological polar surface area (TPSA) is 23.5 Å². The predicted molar refractivity (Wildman–Crippen MR) is 100 cm³/mol. The molecule has 0 bridgehead atoms.